The first-order valence-corrected chi connectivity index (χ1v) is 6.60. The molecule has 0 N–H and O–H groups in total. The standard InChI is InChI=1S/C15H21NO/c1-2-5-15(17)12-16-10-8-13-6-3-4-7-14(13)9-11-16/h3-4,6-7H,2,5,8-12H2,1H3. The van der Waals surface area contributed by atoms with Gasteiger partial charge in [0.15, 0.2) is 0 Å². The second-order valence-electron chi connectivity index (χ2n) is 4.83. The number of benzene rings is 1. The summed E-state index contributed by atoms with van der Waals surface area (Å²) in [4.78, 5) is 14.0. The van der Waals surface area contributed by atoms with Crippen molar-refractivity contribution >= 4 is 5.78 Å². The van der Waals surface area contributed by atoms with E-state index in [0.717, 1.165) is 38.8 Å². The predicted octanol–water partition coefficient (Wildman–Crippen LogP) is 2.46. The lowest BCUT2D eigenvalue weighted by atomic mass is 10.0. The van der Waals surface area contributed by atoms with Crippen molar-refractivity contribution < 1.29 is 4.79 Å². The molecule has 0 bridgehead atoms. The summed E-state index contributed by atoms with van der Waals surface area (Å²) in [6.07, 6.45) is 3.85. The van der Waals surface area contributed by atoms with Crippen LogP contribution in [0.1, 0.15) is 30.9 Å². The molecule has 0 fully saturated rings. The molecule has 0 spiro atoms. The van der Waals surface area contributed by atoms with Gasteiger partial charge in [0.1, 0.15) is 5.78 Å². The van der Waals surface area contributed by atoms with Gasteiger partial charge in [0.2, 0.25) is 0 Å². The Bertz CT molecular complexity index is 359. The highest BCUT2D eigenvalue weighted by Gasteiger charge is 2.15. The van der Waals surface area contributed by atoms with E-state index in [4.69, 9.17) is 0 Å². The summed E-state index contributed by atoms with van der Waals surface area (Å²) >= 11 is 0. The Labute approximate surface area is 104 Å². The number of hydrogen-bond acceptors (Lipinski definition) is 2. The molecule has 1 aliphatic rings. The van der Waals surface area contributed by atoms with E-state index in [9.17, 15) is 4.79 Å². The fraction of sp³-hybridized carbons (Fsp3) is 0.533. The highest BCUT2D eigenvalue weighted by atomic mass is 16.1. The molecule has 0 radical (unpaired) electrons. The van der Waals surface area contributed by atoms with Gasteiger partial charge in [-0.05, 0) is 30.4 Å². The first-order valence-electron chi connectivity index (χ1n) is 6.60. The molecule has 0 saturated carbocycles. The van der Waals surface area contributed by atoms with Gasteiger partial charge in [-0.25, -0.2) is 0 Å². The van der Waals surface area contributed by atoms with E-state index >= 15 is 0 Å². The third-order valence-electron chi connectivity index (χ3n) is 3.44. The molecule has 0 unspecified atom stereocenters. The van der Waals surface area contributed by atoms with E-state index in [1.54, 1.807) is 0 Å². The first-order chi connectivity index (χ1) is 8.29. The van der Waals surface area contributed by atoms with Crippen LogP contribution in [-0.4, -0.2) is 30.3 Å². The molecule has 2 heteroatoms. The van der Waals surface area contributed by atoms with Gasteiger partial charge in [-0.1, -0.05) is 31.2 Å². The van der Waals surface area contributed by atoms with Crippen LogP contribution in [0.4, 0.5) is 0 Å². The van der Waals surface area contributed by atoms with Gasteiger partial charge in [0.25, 0.3) is 0 Å². The molecule has 0 saturated heterocycles. The van der Waals surface area contributed by atoms with Crippen molar-refractivity contribution in [3.05, 3.63) is 35.4 Å². The summed E-state index contributed by atoms with van der Waals surface area (Å²) < 4.78 is 0. The van der Waals surface area contributed by atoms with Crippen molar-refractivity contribution in [2.45, 2.75) is 32.6 Å². The van der Waals surface area contributed by atoms with Crippen molar-refractivity contribution in [1.29, 1.82) is 0 Å². The third-order valence-corrected chi connectivity index (χ3v) is 3.44. The van der Waals surface area contributed by atoms with Crippen molar-refractivity contribution in [2.24, 2.45) is 0 Å². The zero-order chi connectivity index (χ0) is 12.1. The average molecular weight is 231 g/mol. The molecule has 0 aromatic heterocycles. The SMILES string of the molecule is CCCC(=O)CN1CCc2ccccc2CC1. The monoisotopic (exact) mass is 231 g/mol. The van der Waals surface area contributed by atoms with Gasteiger partial charge in [0.05, 0.1) is 6.54 Å². The Kier molecular flexibility index (Phi) is 4.32. The van der Waals surface area contributed by atoms with Crippen molar-refractivity contribution in [1.82, 2.24) is 4.90 Å². The van der Waals surface area contributed by atoms with Crippen LogP contribution >= 0.6 is 0 Å². The van der Waals surface area contributed by atoms with E-state index in [1.807, 2.05) is 0 Å². The molecule has 1 aromatic rings. The minimum atomic E-state index is 0.387. The summed E-state index contributed by atoms with van der Waals surface area (Å²) in [5, 5.41) is 0. The van der Waals surface area contributed by atoms with Crippen LogP contribution in [0.5, 0.6) is 0 Å². The van der Waals surface area contributed by atoms with Crippen LogP contribution in [0.25, 0.3) is 0 Å². The highest BCUT2D eigenvalue weighted by molar-refractivity contribution is 5.80. The number of hydrogen-bond donors (Lipinski definition) is 0. The second-order valence-corrected chi connectivity index (χ2v) is 4.83. The second kappa shape index (κ2) is 5.97. The van der Waals surface area contributed by atoms with Crippen LogP contribution in [0, 0.1) is 0 Å². The molecule has 1 heterocycles. The largest absolute Gasteiger partial charge is 0.298 e. The summed E-state index contributed by atoms with van der Waals surface area (Å²) in [6, 6.07) is 8.65. The molecule has 2 nitrogen and oxygen atoms in total. The Morgan fingerprint density at radius 3 is 2.29 bits per heavy atom. The summed E-state index contributed by atoms with van der Waals surface area (Å²) in [6.45, 7) is 4.75. The maximum absolute atomic E-state index is 11.7. The Hall–Kier alpha value is -1.15. The molecule has 1 aliphatic heterocycles. The number of ketones is 1. The molecule has 1 aromatic carbocycles. The van der Waals surface area contributed by atoms with Crippen molar-refractivity contribution in [3.63, 3.8) is 0 Å². The summed E-state index contributed by atoms with van der Waals surface area (Å²) in [7, 11) is 0. The highest BCUT2D eigenvalue weighted by Crippen LogP contribution is 2.15. The maximum Gasteiger partial charge on any atom is 0.146 e. The Morgan fingerprint density at radius 2 is 1.76 bits per heavy atom. The van der Waals surface area contributed by atoms with E-state index in [-0.39, 0.29) is 0 Å². The lowest BCUT2D eigenvalue weighted by molar-refractivity contribution is -0.120. The van der Waals surface area contributed by atoms with E-state index < -0.39 is 0 Å². The van der Waals surface area contributed by atoms with Gasteiger partial charge in [0, 0.05) is 19.5 Å². The van der Waals surface area contributed by atoms with Crippen LogP contribution in [0.15, 0.2) is 24.3 Å². The summed E-state index contributed by atoms with van der Waals surface area (Å²) in [5.41, 5.74) is 2.91. The molecule has 92 valence electrons. The van der Waals surface area contributed by atoms with E-state index in [1.165, 1.54) is 11.1 Å². The number of carbonyl (C=O) groups is 1. The minimum Gasteiger partial charge on any atom is -0.298 e. The molecule has 17 heavy (non-hydrogen) atoms. The normalized spacial score (nSPS) is 16.3. The van der Waals surface area contributed by atoms with Crippen molar-refractivity contribution in [2.75, 3.05) is 19.6 Å². The quantitative estimate of drug-likeness (QED) is 0.793. The zero-order valence-electron chi connectivity index (χ0n) is 10.6. The zero-order valence-corrected chi connectivity index (χ0v) is 10.6. The first kappa shape index (κ1) is 12.3. The average Bonchev–Trinajstić information content (AvgIpc) is 2.53. The minimum absolute atomic E-state index is 0.387. The molecule has 0 atom stereocenters. The van der Waals surface area contributed by atoms with Crippen LogP contribution in [0.2, 0.25) is 0 Å². The lowest BCUT2D eigenvalue weighted by Gasteiger charge is -2.18. The molecular formula is C15H21NO. The number of carbonyl (C=O) groups excluding carboxylic acids is 1. The Morgan fingerprint density at radius 1 is 1.18 bits per heavy atom. The van der Waals surface area contributed by atoms with E-state index in [2.05, 4.69) is 36.1 Å². The predicted molar refractivity (Wildman–Crippen MR) is 70.2 cm³/mol. The Balaban J connectivity index is 1.93. The lowest BCUT2D eigenvalue weighted by Crippen LogP contribution is -2.32. The van der Waals surface area contributed by atoms with Crippen molar-refractivity contribution in [3.8, 4) is 0 Å². The fourth-order valence-corrected chi connectivity index (χ4v) is 2.48. The summed E-state index contributed by atoms with van der Waals surface area (Å²) in [5.74, 6) is 0.387. The van der Waals surface area contributed by atoms with Crippen LogP contribution in [0.3, 0.4) is 0 Å². The molecule has 0 aliphatic carbocycles. The third kappa shape index (κ3) is 3.40. The topological polar surface area (TPSA) is 20.3 Å². The van der Waals surface area contributed by atoms with Gasteiger partial charge >= 0.3 is 0 Å². The van der Waals surface area contributed by atoms with E-state index in [0.29, 0.717) is 12.3 Å². The molecule has 0 amide bonds. The maximum atomic E-state index is 11.7. The number of nitrogens with zero attached hydrogens (tertiary/aromatic N) is 1. The van der Waals surface area contributed by atoms with Gasteiger partial charge in [-0.3, -0.25) is 9.69 Å². The van der Waals surface area contributed by atoms with Crippen LogP contribution in [-0.2, 0) is 17.6 Å². The number of Topliss-reactive ketones (excluding diaryl/α,β-unsaturated/α-hetero) is 1. The molecular weight excluding hydrogens is 210 g/mol. The smallest absolute Gasteiger partial charge is 0.146 e. The van der Waals surface area contributed by atoms with Gasteiger partial charge < -0.3 is 0 Å². The van der Waals surface area contributed by atoms with Gasteiger partial charge in [-0.15, -0.1) is 0 Å². The number of rotatable bonds is 4. The van der Waals surface area contributed by atoms with Crippen LogP contribution < -0.4 is 0 Å². The van der Waals surface area contributed by atoms with Gasteiger partial charge in [-0.2, -0.15) is 0 Å². The molecule has 2 rings (SSSR count). The fourth-order valence-electron chi connectivity index (χ4n) is 2.48. The number of fused-ring (bicyclic) bond motifs is 1.